The minimum absolute atomic E-state index is 0.142. The van der Waals surface area contributed by atoms with Gasteiger partial charge in [-0.3, -0.25) is 9.78 Å². The lowest BCUT2D eigenvalue weighted by atomic mass is 9.81. The van der Waals surface area contributed by atoms with Gasteiger partial charge in [-0.25, -0.2) is 0 Å². The van der Waals surface area contributed by atoms with Crippen molar-refractivity contribution >= 4 is 28.5 Å². The largest absolute Gasteiger partial charge is 0.359 e. The zero-order chi connectivity index (χ0) is 11.8. The van der Waals surface area contributed by atoms with Crippen LogP contribution in [0.15, 0.2) is 12.3 Å². The molecule has 86 valence electrons. The summed E-state index contributed by atoms with van der Waals surface area (Å²) in [6.45, 7) is 2.08. The molecule has 1 N–H and O–H groups in total. The molecular formula is C12H15IN2O. The molecule has 0 aliphatic heterocycles. The Balaban J connectivity index is 2.35. The summed E-state index contributed by atoms with van der Waals surface area (Å²) in [5.41, 5.74) is 2.05. The van der Waals surface area contributed by atoms with Gasteiger partial charge >= 0.3 is 0 Å². The minimum atomic E-state index is -0.269. The van der Waals surface area contributed by atoms with Gasteiger partial charge in [-0.2, -0.15) is 0 Å². The fourth-order valence-electron chi connectivity index (χ4n) is 2.41. The average Bonchev–Trinajstić information content (AvgIpc) is 2.67. The van der Waals surface area contributed by atoms with Crippen LogP contribution in [-0.2, 0) is 17.6 Å². The molecule has 0 saturated carbocycles. The van der Waals surface area contributed by atoms with Gasteiger partial charge in [0, 0.05) is 28.9 Å². The summed E-state index contributed by atoms with van der Waals surface area (Å²) < 4.78 is 1.14. The summed E-state index contributed by atoms with van der Waals surface area (Å²) in [6.07, 6.45) is 4.33. The van der Waals surface area contributed by atoms with Gasteiger partial charge < -0.3 is 5.32 Å². The standard InChI is InChI=1S/C12H15IN2O/c1-3-12(11(16)14-2)5-8-4-9(13)7-15-10(8)6-12/h4,7H,3,5-6H2,1-2H3,(H,14,16). The topological polar surface area (TPSA) is 42.0 Å². The summed E-state index contributed by atoms with van der Waals surface area (Å²) in [4.78, 5) is 16.4. The molecule has 4 heteroatoms. The molecule has 0 saturated heterocycles. The van der Waals surface area contributed by atoms with Crippen LogP contribution in [0.3, 0.4) is 0 Å². The third kappa shape index (κ3) is 1.83. The number of nitrogens with one attached hydrogen (secondary N) is 1. The lowest BCUT2D eigenvalue weighted by Crippen LogP contribution is -2.39. The van der Waals surface area contributed by atoms with Gasteiger partial charge in [-0.1, -0.05) is 6.92 Å². The van der Waals surface area contributed by atoms with Crippen LogP contribution in [0.2, 0.25) is 0 Å². The summed E-state index contributed by atoms with van der Waals surface area (Å²) in [6, 6.07) is 2.14. The number of carbonyl (C=O) groups excluding carboxylic acids is 1. The Labute approximate surface area is 109 Å². The first-order chi connectivity index (χ1) is 7.61. The highest BCUT2D eigenvalue weighted by molar-refractivity contribution is 14.1. The van der Waals surface area contributed by atoms with Crippen LogP contribution in [0, 0.1) is 8.99 Å². The highest BCUT2D eigenvalue weighted by Crippen LogP contribution is 2.39. The Morgan fingerprint density at radius 3 is 3.00 bits per heavy atom. The summed E-state index contributed by atoms with van der Waals surface area (Å²) in [5, 5.41) is 2.78. The Morgan fingerprint density at radius 2 is 2.38 bits per heavy atom. The van der Waals surface area contributed by atoms with E-state index in [1.807, 2.05) is 6.20 Å². The second-order valence-corrected chi connectivity index (χ2v) is 5.57. The van der Waals surface area contributed by atoms with Gasteiger partial charge in [0.25, 0.3) is 0 Å². The lowest BCUT2D eigenvalue weighted by Gasteiger charge is -2.24. The third-order valence-corrected chi connectivity index (χ3v) is 4.04. The SMILES string of the molecule is CCC1(C(=O)NC)Cc2cc(I)cnc2C1. The van der Waals surface area contributed by atoms with Crippen molar-refractivity contribution in [3.8, 4) is 0 Å². The molecule has 0 fully saturated rings. The van der Waals surface area contributed by atoms with Crippen molar-refractivity contribution < 1.29 is 4.79 Å². The summed E-state index contributed by atoms with van der Waals surface area (Å²) in [5.74, 6) is 0.142. The molecule has 1 aliphatic rings. The molecular weight excluding hydrogens is 315 g/mol. The van der Waals surface area contributed by atoms with Gasteiger partial charge in [0.05, 0.1) is 5.41 Å². The number of hydrogen-bond acceptors (Lipinski definition) is 2. The molecule has 1 aliphatic carbocycles. The molecule has 1 atom stereocenters. The molecule has 1 amide bonds. The van der Waals surface area contributed by atoms with E-state index >= 15 is 0 Å². The number of fused-ring (bicyclic) bond motifs is 1. The highest BCUT2D eigenvalue weighted by atomic mass is 127. The molecule has 1 unspecified atom stereocenters. The van der Waals surface area contributed by atoms with Crippen molar-refractivity contribution in [3.63, 3.8) is 0 Å². The molecule has 2 rings (SSSR count). The maximum Gasteiger partial charge on any atom is 0.226 e. The maximum absolute atomic E-state index is 12.0. The van der Waals surface area contributed by atoms with E-state index in [-0.39, 0.29) is 11.3 Å². The average molecular weight is 330 g/mol. The predicted octanol–water partition coefficient (Wildman–Crippen LogP) is 1.93. The first-order valence-electron chi connectivity index (χ1n) is 5.47. The van der Waals surface area contributed by atoms with E-state index < -0.39 is 0 Å². The Morgan fingerprint density at radius 1 is 1.62 bits per heavy atom. The van der Waals surface area contributed by atoms with Gasteiger partial charge in [0.2, 0.25) is 5.91 Å². The highest BCUT2D eigenvalue weighted by Gasteiger charge is 2.42. The number of rotatable bonds is 2. The minimum Gasteiger partial charge on any atom is -0.359 e. The zero-order valence-electron chi connectivity index (χ0n) is 9.51. The van der Waals surface area contributed by atoms with Crippen LogP contribution in [0.25, 0.3) is 0 Å². The van der Waals surface area contributed by atoms with Crippen LogP contribution in [0.5, 0.6) is 0 Å². The van der Waals surface area contributed by atoms with Gasteiger partial charge in [0.1, 0.15) is 0 Å². The van der Waals surface area contributed by atoms with E-state index in [1.165, 1.54) is 5.56 Å². The molecule has 1 aromatic rings. The van der Waals surface area contributed by atoms with Gasteiger partial charge in [0.15, 0.2) is 0 Å². The van der Waals surface area contributed by atoms with E-state index in [0.29, 0.717) is 0 Å². The quantitative estimate of drug-likeness (QED) is 0.842. The van der Waals surface area contributed by atoms with Crippen molar-refractivity contribution in [2.75, 3.05) is 7.05 Å². The third-order valence-electron chi connectivity index (χ3n) is 3.45. The summed E-state index contributed by atoms with van der Waals surface area (Å²) in [7, 11) is 1.71. The van der Waals surface area contributed by atoms with Crippen LogP contribution in [-0.4, -0.2) is 17.9 Å². The van der Waals surface area contributed by atoms with Gasteiger partial charge in [-0.05, 0) is 47.1 Å². The van der Waals surface area contributed by atoms with Crippen LogP contribution in [0.1, 0.15) is 24.6 Å². The number of aromatic nitrogens is 1. The first kappa shape index (κ1) is 11.8. The number of pyridine rings is 1. The Kier molecular flexibility index (Phi) is 3.19. The molecule has 0 spiro atoms. The number of halogens is 1. The zero-order valence-corrected chi connectivity index (χ0v) is 11.7. The molecule has 0 bridgehead atoms. The fourth-order valence-corrected chi connectivity index (χ4v) is 2.92. The second-order valence-electron chi connectivity index (χ2n) is 4.33. The molecule has 1 heterocycles. The van der Waals surface area contributed by atoms with E-state index in [9.17, 15) is 4.79 Å². The summed E-state index contributed by atoms with van der Waals surface area (Å²) >= 11 is 2.26. The van der Waals surface area contributed by atoms with Crippen molar-refractivity contribution in [2.24, 2.45) is 5.41 Å². The Hall–Kier alpha value is -0.650. The van der Waals surface area contributed by atoms with Crippen LogP contribution >= 0.6 is 22.6 Å². The predicted molar refractivity (Wildman–Crippen MR) is 71.2 cm³/mol. The van der Waals surface area contributed by atoms with Crippen molar-refractivity contribution in [1.29, 1.82) is 0 Å². The van der Waals surface area contributed by atoms with Crippen molar-refractivity contribution in [2.45, 2.75) is 26.2 Å². The number of carbonyl (C=O) groups is 1. The smallest absolute Gasteiger partial charge is 0.226 e. The molecule has 16 heavy (non-hydrogen) atoms. The molecule has 1 aromatic heterocycles. The van der Waals surface area contributed by atoms with Crippen molar-refractivity contribution in [3.05, 3.63) is 27.1 Å². The Bertz CT molecular complexity index is 433. The number of nitrogens with zero attached hydrogens (tertiary/aromatic N) is 1. The van der Waals surface area contributed by atoms with Crippen molar-refractivity contribution in [1.82, 2.24) is 10.3 Å². The number of amides is 1. The molecule has 3 nitrogen and oxygen atoms in total. The normalized spacial score (nSPS) is 22.9. The number of hydrogen-bond donors (Lipinski definition) is 1. The van der Waals surface area contributed by atoms with Crippen LogP contribution in [0.4, 0.5) is 0 Å². The first-order valence-corrected chi connectivity index (χ1v) is 6.54. The maximum atomic E-state index is 12.0. The molecule has 0 aromatic carbocycles. The van der Waals surface area contributed by atoms with E-state index in [4.69, 9.17) is 0 Å². The van der Waals surface area contributed by atoms with Crippen LogP contribution < -0.4 is 5.32 Å². The van der Waals surface area contributed by atoms with Gasteiger partial charge in [-0.15, -0.1) is 0 Å². The second kappa shape index (κ2) is 4.31. The monoisotopic (exact) mass is 330 g/mol. The molecule has 0 radical (unpaired) electrons. The van der Waals surface area contributed by atoms with E-state index in [2.05, 4.69) is 45.9 Å². The van der Waals surface area contributed by atoms with E-state index in [1.54, 1.807) is 7.05 Å². The van der Waals surface area contributed by atoms with E-state index in [0.717, 1.165) is 28.5 Å². The fraction of sp³-hybridized carbons (Fsp3) is 0.500. The lowest BCUT2D eigenvalue weighted by molar-refractivity contribution is -0.130.